The summed E-state index contributed by atoms with van der Waals surface area (Å²) in [5, 5.41) is 7.94. The van der Waals surface area contributed by atoms with E-state index in [9.17, 15) is 4.79 Å². The van der Waals surface area contributed by atoms with Gasteiger partial charge in [0.1, 0.15) is 0 Å². The van der Waals surface area contributed by atoms with E-state index < -0.39 is 6.04 Å². The van der Waals surface area contributed by atoms with E-state index in [4.69, 9.17) is 16.1 Å². The summed E-state index contributed by atoms with van der Waals surface area (Å²) in [6.07, 6.45) is 1.90. The van der Waals surface area contributed by atoms with Gasteiger partial charge in [0.25, 0.3) is 5.89 Å². The second-order valence-corrected chi connectivity index (χ2v) is 8.16. The van der Waals surface area contributed by atoms with Gasteiger partial charge in [-0.2, -0.15) is 4.98 Å². The number of urea groups is 1. The molecule has 2 heterocycles. The number of nitrogens with one attached hydrogen (secondary N) is 1. The Hall–Kier alpha value is -3.12. The molecular weight excluding hydrogens is 412 g/mol. The van der Waals surface area contributed by atoms with Gasteiger partial charge in [0.05, 0.1) is 11.6 Å². The zero-order valence-corrected chi connectivity index (χ0v) is 18.6. The summed E-state index contributed by atoms with van der Waals surface area (Å²) >= 11 is 6.08. The van der Waals surface area contributed by atoms with Crippen LogP contribution in [0.3, 0.4) is 0 Å². The summed E-state index contributed by atoms with van der Waals surface area (Å²) in [5.74, 6) is 0.914. The van der Waals surface area contributed by atoms with Gasteiger partial charge in [-0.25, -0.2) is 4.79 Å². The quantitative estimate of drug-likeness (QED) is 0.514. The van der Waals surface area contributed by atoms with Crippen LogP contribution in [0.5, 0.6) is 0 Å². The molecule has 6 nitrogen and oxygen atoms in total. The fourth-order valence-electron chi connectivity index (χ4n) is 3.70. The lowest BCUT2D eigenvalue weighted by atomic mass is 9.94. The molecule has 3 aromatic rings. The van der Waals surface area contributed by atoms with E-state index in [1.54, 1.807) is 4.90 Å². The molecule has 4 rings (SSSR count). The molecule has 1 aliphatic rings. The third kappa shape index (κ3) is 4.35. The zero-order valence-electron chi connectivity index (χ0n) is 17.9. The van der Waals surface area contributed by atoms with Crippen molar-refractivity contribution in [1.29, 1.82) is 0 Å². The average molecular weight is 437 g/mol. The molecule has 1 aromatic heterocycles. The third-order valence-electron chi connectivity index (χ3n) is 5.50. The van der Waals surface area contributed by atoms with E-state index in [0.29, 0.717) is 23.3 Å². The first-order valence-electron chi connectivity index (χ1n) is 10.4. The van der Waals surface area contributed by atoms with Gasteiger partial charge in [-0.3, -0.25) is 4.90 Å². The fraction of sp³-hybridized carbons (Fsp3) is 0.292. The largest absolute Gasteiger partial charge is 0.334 e. The number of carbonyl (C=O) groups excluding carboxylic acids is 1. The van der Waals surface area contributed by atoms with E-state index >= 15 is 0 Å². The second kappa shape index (κ2) is 8.94. The smallest absolute Gasteiger partial charge is 0.322 e. The summed E-state index contributed by atoms with van der Waals surface area (Å²) in [5.41, 5.74) is 4.55. The van der Waals surface area contributed by atoms with Crippen LogP contribution in [0.1, 0.15) is 49.7 Å². The molecule has 0 aliphatic carbocycles. The normalized spacial score (nSPS) is 16.6. The van der Waals surface area contributed by atoms with E-state index in [1.807, 2.05) is 62.4 Å². The Morgan fingerprint density at radius 2 is 1.81 bits per heavy atom. The minimum atomic E-state index is -0.408. The average Bonchev–Trinajstić information content (AvgIpc) is 3.24. The number of nitrogens with zero attached hydrogens (tertiary/aromatic N) is 3. The van der Waals surface area contributed by atoms with Gasteiger partial charge in [0.15, 0.2) is 0 Å². The van der Waals surface area contributed by atoms with Gasteiger partial charge in [-0.05, 0) is 38.0 Å². The molecule has 0 spiro atoms. The Kier molecular flexibility index (Phi) is 6.09. The minimum absolute atomic E-state index is 0.132. The van der Waals surface area contributed by atoms with Gasteiger partial charge in [-0.1, -0.05) is 72.1 Å². The molecule has 0 radical (unpaired) electrons. The monoisotopic (exact) mass is 436 g/mol. The summed E-state index contributed by atoms with van der Waals surface area (Å²) in [6.45, 7) is 6.70. The third-order valence-corrected chi connectivity index (χ3v) is 5.75. The van der Waals surface area contributed by atoms with E-state index in [-0.39, 0.29) is 6.03 Å². The molecule has 2 aromatic carbocycles. The molecule has 1 N–H and O–H groups in total. The number of aromatic nitrogens is 2. The summed E-state index contributed by atoms with van der Waals surface area (Å²) in [4.78, 5) is 19.3. The molecule has 31 heavy (non-hydrogen) atoms. The number of aryl methyl sites for hydroxylation is 1. The molecule has 0 saturated heterocycles. The second-order valence-electron chi connectivity index (χ2n) is 7.73. The number of carbonyl (C=O) groups is 1. The van der Waals surface area contributed by atoms with Crippen LogP contribution >= 0.6 is 11.6 Å². The first-order chi connectivity index (χ1) is 15.0. The standard InChI is InChI=1S/C24H25ClN4O2/c1-4-5-14-29-16(3)20(21(26-24(29)30)17-10-12-19(25)13-11-17)23-27-22(28-31-23)18-8-6-15(2)7-9-18/h6-13,21H,4-5,14H2,1-3H3,(H,26,30). The Morgan fingerprint density at radius 1 is 1.10 bits per heavy atom. The number of amides is 2. The van der Waals surface area contributed by atoms with Crippen molar-refractivity contribution in [1.82, 2.24) is 20.4 Å². The van der Waals surface area contributed by atoms with Crippen LogP contribution < -0.4 is 5.32 Å². The van der Waals surface area contributed by atoms with Crippen molar-refractivity contribution in [3.05, 3.63) is 76.3 Å². The highest BCUT2D eigenvalue weighted by Gasteiger charge is 2.35. The molecule has 160 valence electrons. The van der Waals surface area contributed by atoms with Gasteiger partial charge in [0.2, 0.25) is 5.82 Å². The minimum Gasteiger partial charge on any atom is -0.334 e. The van der Waals surface area contributed by atoms with Crippen LogP contribution in [0.4, 0.5) is 4.79 Å². The maximum atomic E-state index is 12.9. The number of halogens is 1. The molecule has 1 unspecified atom stereocenters. The highest BCUT2D eigenvalue weighted by Crippen LogP contribution is 2.37. The molecule has 2 amide bonds. The van der Waals surface area contributed by atoms with E-state index in [0.717, 1.165) is 40.8 Å². The summed E-state index contributed by atoms with van der Waals surface area (Å²) in [6, 6.07) is 14.9. The molecule has 1 aliphatic heterocycles. The number of allylic oxidation sites excluding steroid dienone is 1. The van der Waals surface area contributed by atoms with E-state index in [1.165, 1.54) is 0 Å². The van der Waals surface area contributed by atoms with Crippen molar-refractivity contribution in [2.75, 3.05) is 6.54 Å². The highest BCUT2D eigenvalue weighted by molar-refractivity contribution is 6.30. The zero-order chi connectivity index (χ0) is 22.0. The SMILES string of the molecule is CCCCN1C(=O)NC(c2ccc(Cl)cc2)C(c2nc(-c3ccc(C)cc3)no2)=C1C. The lowest BCUT2D eigenvalue weighted by Crippen LogP contribution is -2.46. The van der Waals surface area contributed by atoms with Crippen molar-refractivity contribution in [3.63, 3.8) is 0 Å². The summed E-state index contributed by atoms with van der Waals surface area (Å²) in [7, 11) is 0. The number of rotatable bonds is 6. The maximum absolute atomic E-state index is 12.9. The van der Waals surface area contributed by atoms with Crippen LogP contribution in [0.15, 0.2) is 58.8 Å². The Labute approximate surface area is 186 Å². The molecule has 0 bridgehead atoms. The van der Waals surface area contributed by atoms with Crippen molar-refractivity contribution in [3.8, 4) is 11.4 Å². The lowest BCUT2D eigenvalue weighted by molar-refractivity contribution is 0.204. The molecule has 1 atom stereocenters. The van der Waals surface area contributed by atoms with Crippen LogP contribution in [0.2, 0.25) is 5.02 Å². The van der Waals surface area contributed by atoms with E-state index in [2.05, 4.69) is 22.4 Å². The first kappa shape index (κ1) is 21.1. The molecule has 0 saturated carbocycles. The van der Waals surface area contributed by atoms with Gasteiger partial charge in [0, 0.05) is 22.8 Å². The fourth-order valence-corrected chi connectivity index (χ4v) is 3.83. The summed E-state index contributed by atoms with van der Waals surface area (Å²) < 4.78 is 5.70. The van der Waals surface area contributed by atoms with Crippen molar-refractivity contribution >= 4 is 23.2 Å². The van der Waals surface area contributed by atoms with Gasteiger partial charge < -0.3 is 9.84 Å². The van der Waals surface area contributed by atoms with Crippen LogP contribution in [-0.4, -0.2) is 27.6 Å². The van der Waals surface area contributed by atoms with Crippen molar-refractivity contribution in [2.24, 2.45) is 0 Å². The van der Waals surface area contributed by atoms with Crippen LogP contribution in [0, 0.1) is 6.92 Å². The lowest BCUT2D eigenvalue weighted by Gasteiger charge is -2.35. The number of unbranched alkanes of at least 4 members (excludes halogenated alkanes) is 1. The Bertz CT molecular complexity index is 1100. The first-order valence-corrected chi connectivity index (χ1v) is 10.8. The van der Waals surface area contributed by atoms with Gasteiger partial charge >= 0.3 is 6.03 Å². The predicted molar refractivity (Wildman–Crippen MR) is 121 cm³/mol. The van der Waals surface area contributed by atoms with Crippen LogP contribution in [-0.2, 0) is 0 Å². The number of benzene rings is 2. The van der Waals surface area contributed by atoms with Gasteiger partial charge in [-0.15, -0.1) is 0 Å². The molecule has 0 fully saturated rings. The van der Waals surface area contributed by atoms with Crippen molar-refractivity contribution < 1.29 is 9.32 Å². The number of hydrogen-bond acceptors (Lipinski definition) is 4. The Balaban J connectivity index is 1.78. The molecule has 7 heteroatoms. The Morgan fingerprint density at radius 3 is 2.48 bits per heavy atom. The topological polar surface area (TPSA) is 71.3 Å². The highest BCUT2D eigenvalue weighted by atomic mass is 35.5. The van der Waals surface area contributed by atoms with Crippen molar-refractivity contribution in [2.45, 2.75) is 39.7 Å². The maximum Gasteiger partial charge on any atom is 0.322 e. The predicted octanol–water partition coefficient (Wildman–Crippen LogP) is 6.00. The molecular formula is C24H25ClN4O2. The van der Waals surface area contributed by atoms with Crippen LogP contribution in [0.25, 0.3) is 17.0 Å². The number of hydrogen-bond donors (Lipinski definition) is 1.